The minimum atomic E-state index is -4.14. The Morgan fingerprint density at radius 1 is 1.37 bits per heavy atom. The summed E-state index contributed by atoms with van der Waals surface area (Å²) in [6.45, 7) is 1.44. The lowest BCUT2D eigenvalue weighted by atomic mass is 10.1. The molecule has 1 atom stereocenters. The Labute approximate surface area is 174 Å². The standard InChI is InChI=1S/C18H25F3N4O.HI/c1-22-17(24-15-5-8-25(11-15)12-18(19,20)21)23-7-4-13-2-3-16-14(10-13)6-9-26-16;/h2-3,10,15H,4-9,11-12H2,1H3,(H2,22,23,24);1H. The van der Waals surface area contributed by atoms with Gasteiger partial charge in [-0.15, -0.1) is 24.0 Å². The van der Waals surface area contributed by atoms with E-state index in [0.29, 0.717) is 32.0 Å². The van der Waals surface area contributed by atoms with E-state index in [2.05, 4.69) is 27.8 Å². The van der Waals surface area contributed by atoms with Gasteiger partial charge in [0.15, 0.2) is 5.96 Å². The third-order valence-electron chi connectivity index (χ3n) is 4.70. The molecule has 27 heavy (non-hydrogen) atoms. The van der Waals surface area contributed by atoms with Gasteiger partial charge in [-0.3, -0.25) is 9.89 Å². The van der Waals surface area contributed by atoms with Crippen LogP contribution < -0.4 is 15.4 Å². The summed E-state index contributed by atoms with van der Waals surface area (Å²) in [5, 5.41) is 6.46. The van der Waals surface area contributed by atoms with E-state index in [1.165, 1.54) is 16.0 Å². The van der Waals surface area contributed by atoms with E-state index in [1.807, 2.05) is 6.07 Å². The molecule has 0 spiro atoms. The van der Waals surface area contributed by atoms with Gasteiger partial charge in [-0.2, -0.15) is 13.2 Å². The number of halogens is 4. The first-order valence-corrected chi connectivity index (χ1v) is 8.94. The Kier molecular flexibility index (Phi) is 8.02. The van der Waals surface area contributed by atoms with E-state index in [-0.39, 0.29) is 30.0 Å². The highest BCUT2D eigenvalue weighted by atomic mass is 127. The van der Waals surface area contributed by atoms with Crippen LogP contribution in [0.5, 0.6) is 5.75 Å². The van der Waals surface area contributed by atoms with Gasteiger partial charge in [-0.25, -0.2) is 0 Å². The predicted octanol–water partition coefficient (Wildman–Crippen LogP) is 2.58. The van der Waals surface area contributed by atoms with Crippen molar-refractivity contribution < 1.29 is 17.9 Å². The highest BCUT2D eigenvalue weighted by Crippen LogP contribution is 2.25. The number of hydrogen-bond acceptors (Lipinski definition) is 3. The number of ether oxygens (including phenoxy) is 1. The third kappa shape index (κ3) is 6.70. The highest BCUT2D eigenvalue weighted by molar-refractivity contribution is 14.0. The molecule has 0 aromatic heterocycles. The molecule has 0 bridgehead atoms. The van der Waals surface area contributed by atoms with Gasteiger partial charge in [0.25, 0.3) is 0 Å². The van der Waals surface area contributed by atoms with Crippen LogP contribution in [-0.4, -0.2) is 62.9 Å². The lowest BCUT2D eigenvalue weighted by Crippen LogP contribution is -2.45. The van der Waals surface area contributed by atoms with E-state index in [0.717, 1.165) is 25.2 Å². The second-order valence-electron chi connectivity index (χ2n) is 6.77. The summed E-state index contributed by atoms with van der Waals surface area (Å²) in [4.78, 5) is 5.60. The average Bonchev–Trinajstić information content (AvgIpc) is 3.21. The second-order valence-corrected chi connectivity index (χ2v) is 6.77. The number of nitrogens with zero attached hydrogens (tertiary/aromatic N) is 2. The molecule has 1 aromatic rings. The number of hydrogen-bond donors (Lipinski definition) is 2. The van der Waals surface area contributed by atoms with Crippen molar-refractivity contribution in [3.63, 3.8) is 0 Å². The summed E-state index contributed by atoms with van der Waals surface area (Å²) in [6, 6.07) is 6.24. The summed E-state index contributed by atoms with van der Waals surface area (Å²) in [7, 11) is 1.67. The molecule has 1 unspecified atom stereocenters. The molecule has 0 saturated carbocycles. The molecule has 3 rings (SSSR count). The summed E-state index contributed by atoms with van der Waals surface area (Å²) in [5.74, 6) is 1.61. The van der Waals surface area contributed by atoms with Gasteiger partial charge < -0.3 is 15.4 Å². The lowest BCUT2D eigenvalue weighted by molar-refractivity contribution is -0.143. The maximum Gasteiger partial charge on any atom is 0.401 e. The van der Waals surface area contributed by atoms with Crippen LogP contribution in [0, 0.1) is 0 Å². The van der Waals surface area contributed by atoms with Gasteiger partial charge in [-0.05, 0) is 30.0 Å². The van der Waals surface area contributed by atoms with Crippen LogP contribution >= 0.6 is 24.0 Å². The number of likely N-dealkylation sites (tertiary alicyclic amines) is 1. The zero-order valence-corrected chi connectivity index (χ0v) is 17.6. The van der Waals surface area contributed by atoms with Gasteiger partial charge in [0, 0.05) is 39.1 Å². The van der Waals surface area contributed by atoms with Crippen LogP contribution in [0.1, 0.15) is 17.5 Å². The molecule has 0 aliphatic carbocycles. The Bertz CT molecular complexity index is 654. The fourth-order valence-electron chi connectivity index (χ4n) is 3.46. The molecule has 2 aliphatic heterocycles. The van der Waals surface area contributed by atoms with E-state index in [4.69, 9.17) is 4.74 Å². The maximum atomic E-state index is 12.5. The summed E-state index contributed by atoms with van der Waals surface area (Å²) >= 11 is 0. The van der Waals surface area contributed by atoms with Crippen molar-refractivity contribution in [2.75, 3.05) is 39.8 Å². The van der Waals surface area contributed by atoms with Gasteiger partial charge in [0.1, 0.15) is 5.75 Å². The summed E-state index contributed by atoms with van der Waals surface area (Å²) in [6.07, 6.45) is -1.66. The Hall–Kier alpha value is -1.23. The average molecular weight is 498 g/mol. The first-order chi connectivity index (χ1) is 12.4. The zero-order chi connectivity index (χ0) is 18.6. The van der Waals surface area contributed by atoms with Crippen LogP contribution in [0.4, 0.5) is 13.2 Å². The van der Waals surface area contributed by atoms with Crippen molar-refractivity contribution in [2.24, 2.45) is 4.99 Å². The molecule has 2 N–H and O–H groups in total. The quantitative estimate of drug-likeness (QED) is 0.373. The van der Waals surface area contributed by atoms with Crippen molar-refractivity contribution >= 4 is 29.9 Å². The Morgan fingerprint density at radius 2 is 2.19 bits per heavy atom. The van der Waals surface area contributed by atoms with Crippen LogP contribution in [0.25, 0.3) is 0 Å². The third-order valence-corrected chi connectivity index (χ3v) is 4.70. The molecule has 9 heteroatoms. The molecule has 1 aromatic carbocycles. The topological polar surface area (TPSA) is 48.9 Å². The van der Waals surface area contributed by atoms with Crippen LogP contribution in [-0.2, 0) is 12.8 Å². The fourth-order valence-corrected chi connectivity index (χ4v) is 3.46. The van der Waals surface area contributed by atoms with E-state index < -0.39 is 12.7 Å². The monoisotopic (exact) mass is 498 g/mol. The molecule has 152 valence electrons. The Morgan fingerprint density at radius 3 is 2.93 bits per heavy atom. The minimum absolute atomic E-state index is 0. The number of rotatable bonds is 5. The fraction of sp³-hybridized carbons (Fsp3) is 0.611. The summed E-state index contributed by atoms with van der Waals surface area (Å²) < 4.78 is 42.9. The molecule has 2 aliphatic rings. The normalized spacial score (nSPS) is 20.0. The number of fused-ring (bicyclic) bond motifs is 1. The number of nitrogens with one attached hydrogen (secondary N) is 2. The van der Waals surface area contributed by atoms with E-state index in [9.17, 15) is 13.2 Å². The molecule has 1 saturated heterocycles. The minimum Gasteiger partial charge on any atom is -0.493 e. The number of benzene rings is 1. The van der Waals surface area contributed by atoms with Crippen LogP contribution in [0.3, 0.4) is 0 Å². The van der Waals surface area contributed by atoms with Crippen molar-refractivity contribution in [2.45, 2.75) is 31.5 Å². The predicted molar refractivity (Wildman–Crippen MR) is 110 cm³/mol. The van der Waals surface area contributed by atoms with Crippen molar-refractivity contribution in [3.8, 4) is 5.75 Å². The number of guanidine groups is 1. The molecular formula is C18H26F3IN4O. The number of aliphatic imine (C=N–C) groups is 1. The summed E-state index contributed by atoms with van der Waals surface area (Å²) in [5.41, 5.74) is 2.48. The SMILES string of the molecule is CN=C(NCCc1ccc2c(c1)CCO2)NC1CCN(CC(F)(F)F)C1.I. The van der Waals surface area contributed by atoms with Crippen molar-refractivity contribution in [1.29, 1.82) is 0 Å². The van der Waals surface area contributed by atoms with Gasteiger partial charge in [-0.1, -0.05) is 12.1 Å². The zero-order valence-electron chi connectivity index (χ0n) is 15.3. The van der Waals surface area contributed by atoms with Crippen molar-refractivity contribution in [1.82, 2.24) is 15.5 Å². The Balaban J connectivity index is 0.00000261. The van der Waals surface area contributed by atoms with Gasteiger partial charge in [0.2, 0.25) is 0 Å². The first kappa shape index (κ1) is 22.1. The maximum absolute atomic E-state index is 12.5. The molecular weight excluding hydrogens is 472 g/mol. The van der Waals surface area contributed by atoms with Crippen LogP contribution in [0.2, 0.25) is 0 Å². The largest absolute Gasteiger partial charge is 0.493 e. The lowest BCUT2D eigenvalue weighted by Gasteiger charge is -2.19. The van der Waals surface area contributed by atoms with E-state index in [1.54, 1.807) is 7.05 Å². The molecule has 0 amide bonds. The highest BCUT2D eigenvalue weighted by Gasteiger charge is 2.34. The molecule has 5 nitrogen and oxygen atoms in total. The smallest absolute Gasteiger partial charge is 0.401 e. The van der Waals surface area contributed by atoms with E-state index >= 15 is 0 Å². The first-order valence-electron chi connectivity index (χ1n) is 8.94. The molecule has 0 radical (unpaired) electrons. The van der Waals surface area contributed by atoms with Gasteiger partial charge >= 0.3 is 6.18 Å². The molecule has 2 heterocycles. The van der Waals surface area contributed by atoms with Crippen molar-refractivity contribution in [3.05, 3.63) is 29.3 Å². The molecule has 1 fully saturated rings. The number of alkyl halides is 3. The van der Waals surface area contributed by atoms with Gasteiger partial charge in [0.05, 0.1) is 13.2 Å². The second kappa shape index (κ2) is 9.81. The van der Waals surface area contributed by atoms with Crippen LogP contribution in [0.15, 0.2) is 23.2 Å².